The zero-order chi connectivity index (χ0) is 18.6. The lowest BCUT2D eigenvalue weighted by atomic mass is 10.1. The van der Waals surface area contributed by atoms with Crippen LogP contribution in [-0.2, 0) is 24.2 Å². The van der Waals surface area contributed by atoms with Crippen molar-refractivity contribution in [3.8, 4) is 22.1 Å². The molecule has 0 unspecified atom stereocenters. The number of ether oxygens (including phenoxy) is 2. The van der Waals surface area contributed by atoms with E-state index < -0.39 is 0 Å². The second-order valence-electron chi connectivity index (χ2n) is 6.34. The Morgan fingerprint density at radius 3 is 2.70 bits per heavy atom. The summed E-state index contributed by atoms with van der Waals surface area (Å²) in [6, 6.07) is 14.1. The highest BCUT2D eigenvalue weighted by Gasteiger charge is 2.14. The number of nitrogens with zero attached hydrogens (tertiary/aromatic N) is 1. The SMILES string of the molecule is CCc1ccc(-c2nc(CC(=O)NCc3ccc4c(c3)OCO4)cs2)cc1. The van der Waals surface area contributed by atoms with Crippen molar-refractivity contribution < 1.29 is 14.3 Å². The molecule has 0 spiro atoms. The Labute approximate surface area is 162 Å². The smallest absolute Gasteiger partial charge is 0.231 e. The summed E-state index contributed by atoms with van der Waals surface area (Å²) in [5, 5.41) is 5.82. The highest BCUT2D eigenvalue weighted by molar-refractivity contribution is 7.13. The summed E-state index contributed by atoms with van der Waals surface area (Å²) in [5.41, 5.74) is 4.16. The predicted molar refractivity (Wildman–Crippen MR) is 105 cm³/mol. The van der Waals surface area contributed by atoms with E-state index in [2.05, 4.69) is 41.5 Å². The second-order valence-corrected chi connectivity index (χ2v) is 7.19. The molecule has 1 aliphatic heterocycles. The molecule has 1 aromatic heterocycles. The number of nitrogens with one attached hydrogen (secondary N) is 1. The van der Waals surface area contributed by atoms with Gasteiger partial charge in [0, 0.05) is 17.5 Å². The molecule has 0 bridgehead atoms. The lowest BCUT2D eigenvalue weighted by Gasteiger charge is -2.05. The van der Waals surface area contributed by atoms with Crippen molar-refractivity contribution in [1.82, 2.24) is 10.3 Å². The molecule has 1 aliphatic rings. The molecule has 0 saturated carbocycles. The van der Waals surface area contributed by atoms with Gasteiger partial charge in [-0.2, -0.15) is 0 Å². The number of rotatable bonds is 6. The quantitative estimate of drug-likeness (QED) is 0.703. The van der Waals surface area contributed by atoms with Crippen molar-refractivity contribution in [3.05, 3.63) is 64.7 Å². The minimum Gasteiger partial charge on any atom is -0.454 e. The minimum atomic E-state index is -0.0501. The van der Waals surface area contributed by atoms with E-state index in [9.17, 15) is 4.79 Å². The first-order chi connectivity index (χ1) is 13.2. The van der Waals surface area contributed by atoms with Crippen LogP contribution in [0.1, 0.15) is 23.7 Å². The van der Waals surface area contributed by atoms with Crippen molar-refractivity contribution in [2.24, 2.45) is 0 Å². The van der Waals surface area contributed by atoms with E-state index in [1.165, 1.54) is 5.56 Å². The van der Waals surface area contributed by atoms with E-state index in [4.69, 9.17) is 9.47 Å². The Hall–Kier alpha value is -2.86. The van der Waals surface area contributed by atoms with Crippen LogP contribution in [0.5, 0.6) is 11.5 Å². The normalized spacial score (nSPS) is 12.2. The molecular formula is C21H20N2O3S. The van der Waals surface area contributed by atoms with Crippen LogP contribution in [0.25, 0.3) is 10.6 Å². The van der Waals surface area contributed by atoms with Gasteiger partial charge in [0.2, 0.25) is 12.7 Å². The fourth-order valence-corrected chi connectivity index (χ4v) is 3.71. The van der Waals surface area contributed by atoms with E-state index in [0.29, 0.717) is 6.54 Å². The molecule has 0 radical (unpaired) electrons. The summed E-state index contributed by atoms with van der Waals surface area (Å²) in [6.45, 7) is 2.84. The van der Waals surface area contributed by atoms with Crippen LogP contribution in [0.2, 0.25) is 0 Å². The number of aryl methyl sites for hydroxylation is 1. The summed E-state index contributed by atoms with van der Waals surface area (Å²) in [5.74, 6) is 1.41. The third-order valence-electron chi connectivity index (χ3n) is 4.43. The molecule has 1 amide bonds. The minimum absolute atomic E-state index is 0.0501. The van der Waals surface area contributed by atoms with Crippen molar-refractivity contribution in [2.75, 3.05) is 6.79 Å². The number of aromatic nitrogens is 1. The fourth-order valence-electron chi connectivity index (χ4n) is 2.88. The summed E-state index contributed by atoms with van der Waals surface area (Å²) in [6.07, 6.45) is 1.29. The summed E-state index contributed by atoms with van der Waals surface area (Å²) >= 11 is 1.56. The third kappa shape index (κ3) is 4.11. The Balaban J connectivity index is 1.33. The maximum atomic E-state index is 12.2. The van der Waals surface area contributed by atoms with Crippen molar-refractivity contribution in [2.45, 2.75) is 26.3 Å². The maximum absolute atomic E-state index is 12.2. The van der Waals surface area contributed by atoms with E-state index >= 15 is 0 Å². The van der Waals surface area contributed by atoms with Gasteiger partial charge in [-0.05, 0) is 29.7 Å². The van der Waals surface area contributed by atoms with Gasteiger partial charge in [0.05, 0.1) is 12.1 Å². The Morgan fingerprint density at radius 1 is 1.11 bits per heavy atom. The second kappa shape index (κ2) is 7.80. The average molecular weight is 380 g/mol. The van der Waals surface area contributed by atoms with Crippen LogP contribution in [0.4, 0.5) is 0 Å². The van der Waals surface area contributed by atoms with E-state index in [1.54, 1.807) is 11.3 Å². The molecule has 0 atom stereocenters. The van der Waals surface area contributed by atoms with E-state index in [-0.39, 0.29) is 19.1 Å². The van der Waals surface area contributed by atoms with Crippen molar-refractivity contribution in [3.63, 3.8) is 0 Å². The summed E-state index contributed by atoms with van der Waals surface area (Å²) in [4.78, 5) is 16.8. The number of benzene rings is 2. The molecule has 0 saturated heterocycles. The number of thiazole rings is 1. The van der Waals surface area contributed by atoms with Gasteiger partial charge >= 0.3 is 0 Å². The van der Waals surface area contributed by atoms with Gasteiger partial charge in [0.1, 0.15) is 5.01 Å². The Kier molecular flexibility index (Phi) is 5.07. The van der Waals surface area contributed by atoms with Gasteiger partial charge < -0.3 is 14.8 Å². The molecule has 3 aromatic rings. The van der Waals surface area contributed by atoms with Gasteiger partial charge in [-0.3, -0.25) is 4.79 Å². The summed E-state index contributed by atoms with van der Waals surface area (Å²) < 4.78 is 10.7. The fraction of sp³-hybridized carbons (Fsp3) is 0.238. The van der Waals surface area contributed by atoms with Crippen molar-refractivity contribution in [1.29, 1.82) is 0 Å². The van der Waals surface area contributed by atoms with Gasteiger partial charge in [0.15, 0.2) is 11.5 Å². The zero-order valence-electron chi connectivity index (χ0n) is 15.0. The van der Waals surface area contributed by atoms with Crippen LogP contribution >= 0.6 is 11.3 Å². The Bertz CT molecular complexity index is 950. The van der Waals surface area contributed by atoms with Crippen LogP contribution < -0.4 is 14.8 Å². The highest BCUT2D eigenvalue weighted by atomic mass is 32.1. The van der Waals surface area contributed by atoms with Crippen LogP contribution in [0.3, 0.4) is 0 Å². The molecule has 0 fully saturated rings. The number of hydrogen-bond donors (Lipinski definition) is 1. The van der Waals surface area contributed by atoms with Gasteiger partial charge in [-0.25, -0.2) is 4.98 Å². The zero-order valence-corrected chi connectivity index (χ0v) is 15.8. The van der Waals surface area contributed by atoms with Crippen LogP contribution in [0.15, 0.2) is 47.8 Å². The van der Waals surface area contributed by atoms with E-state index in [1.807, 2.05) is 23.6 Å². The number of hydrogen-bond acceptors (Lipinski definition) is 5. The van der Waals surface area contributed by atoms with Gasteiger partial charge in [0.25, 0.3) is 0 Å². The van der Waals surface area contributed by atoms with Crippen LogP contribution in [0, 0.1) is 0 Å². The van der Waals surface area contributed by atoms with Crippen LogP contribution in [-0.4, -0.2) is 17.7 Å². The number of carbonyl (C=O) groups is 1. The molecule has 27 heavy (non-hydrogen) atoms. The average Bonchev–Trinajstić information content (AvgIpc) is 3.35. The number of fused-ring (bicyclic) bond motifs is 1. The first-order valence-electron chi connectivity index (χ1n) is 8.90. The maximum Gasteiger partial charge on any atom is 0.231 e. The topological polar surface area (TPSA) is 60.5 Å². The van der Waals surface area contributed by atoms with Crippen molar-refractivity contribution >= 4 is 17.2 Å². The summed E-state index contributed by atoms with van der Waals surface area (Å²) in [7, 11) is 0. The van der Waals surface area contributed by atoms with Gasteiger partial charge in [-0.1, -0.05) is 37.3 Å². The monoisotopic (exact) mass is 380 g/mol. The van der Waals surface area contributed by atoms with E-state index in [0.717, 1.165) is 39.7 Å². The number of amides is 1. The lowest BCUT2D eigenvalue weighted by Crippen LogP contribution is -2.24. The molecule has 2 aromatic carbocycles. The predicted octanol–water partition coefficient (Wildman–Crippen LogP) is 3.96. The highest BCUT2D eigenvalue weighted by Crippen LogP contribution is 2.32. The standard InChI is InChI=1S/C21H20N2O3S/c1-2-14-3-6-16(7-4-14)21-23-17(12-27-21)10-20(24)22-11-15-5-8-18-19(9-15)26-13-25-18/h3-9,12H,2,10-11,13H2,1H3,(H,22,24). The largest absolute Gasteiger partial charge is 0.454 e. The Morgan fingerprint density at radius 2 is 1.89 bits per heavy atom. The first-order valence-corrected chi connectivity index (χ1v) is 9.78. The molecule has 5 nitrogen and oxygen atoms in total. The lowest BCUT2D eigenvalue weighted by molar-refractivity contribution is -0.120. The first kappa shape index (κ1) is 17.5. The molecule has 0 aliphatic carbocycles. The molecule has 2 heterocycles. The molecule has 1 N–H and O–H groups in total. The molecule has 138 valence electrons. The molecule has 6 heteroatoms. The number of carbonyl (C=O) groups excluding carboxylic acids is 1. The van der Waals surface area contributed by atoms with Gasteiger partial charge in [-0.15, -0.1) is 11.3 Å². The third-order valence-corrected chi connectivity index (χ3v) is 5.37. The molecular weight excluding hydrogens is 360 g/mol. The molecule has 4 rings (SSSR count).